The number of nitrogens with two attached hydrogens (primary N) is 1. The molecule has 28 heavy (non-hydrogen) atoms. The first-order valence-electron chi connectivity index (χ1n) is 8.66. The van der Waals surface area contributed by atoms with E-state index in [4.69, 9.17) is 5.14 Å². The van der Waals surface area contributed by atoms with Crippen LogP contribution in [0, 0.1) is 5.82 Å². The van der Waals surface area contributed by atoms with Gasteiger partial charge >= 0.3 is 0 Å². The van der Waals surface area contributed by atoms with Gasteiger partial charge in [-0.15, -0.1) is 0 Å². The van der Waals surface area contributed by atoms with Gasteiger partial charge in [0.2, 0.25) is 10.0 Å². The van der Waals surface area contributed by atoms with Crippen molar-refractivity contribution in [3.63, 3.8) is 0 Å². The van der Waals surface area contributed by atoms with E-state index >= 15 is 0 Å². The maximum absolute atomic E-state index is 13.4. The number of benzene rings is 2. The monoisotopic (exact) mass is 424 g/mol. The van der Waals surface area contributed by atoms with Gasteiger partial charge in [0.15, 0.2) is 5.96 Å². The molecule has 0 saturated carbocycles. The van der Waals surface area contributed by atoms with Gasteiger partial charge in [0.25, 0.3) is 0 Å². The highest BCUT2D eigenvalue weighted by Crippen LogP contribution is 2.16. The SMILES string of the molecule is CN=C(NCCc1ccc(S(N)(=O)=O)cc1)NCc1ccc(F)cc1CSC. The normalized spacial score (nSPS) is 12.1. The Hall–Kier alpha value is -2.10. The molecule has 6 nitrogen and oxygen atoms in total. The van der Waals surface area contributed by atoms with Crippen molar-refractivity contribution in [3.8, 4) is 0 Å². The Kier molecular flexibility index (Phi) is 8.28. The smallest absolute Gasteiger partial charge is 0.238 e. The number of thioether (sulfide) groups is 1. The minimum atomic E-state index is -3.67. The van der Waals surface area contributed by atoms with E-state index in [1.807, 2.05) is 6.26 Å². The van der Waals surface area contributed by atoms with Gasteiger partial charge in [-0.05, 0) is 53.6 Å². The Bertz CT molecular complexity index is 916. The van der Waals surface area contributed by atoms with Crippen LogP contribution in [0.15, 0.2) is 52.4 Å². The van der Waals surface area contributed by atoms with Crippen LogP contribution >= 0.6 is 11.8 Å². The van der Waals surface area contributed by atoms with Crippen molar-refractivity contribution >= 4 is 27.7 Å². The van der Waals surface area contributed by atoms with Crippen molar-refractivity contribution in [2.24, 2.45) is 10.1 Å². The lowest BCUT2D eigenvalue weighted by Gasteiger charge is -2.14. The molecule has 0 unspecified atom stereocenters. The van der Waals surface area contributed by atoms with E-state index < -0.39 is 10.0 Å². The van der Waals surface area contributed by atoms with Gasteiger partial charge in [0.05, 0.1) is 4.90 Å². The van der Waals surface area contributed by atoms with Crippen LogP contribution in [0.3, 0.4) is 0 Å². The van der Waals surface area contributed by atoms with Crippen molar-refractivity contribution in [2.45, 2.75) is 23.6 Å². The van der Waals surface area contributed by atoms with Crippen molar-refractivity contribution in [1.29, 1.82) is 0 Å². The third kappa shape index (κ3) is 6.81. The summed E-state index contributed by atoms with van der Waals surface area (Å²) in [6.07, 6.45) is 2.68. The summed E-state index contributed by atoms with van der Waals surface area (Å²) in [6, 6.07) is 11.3. The van der Waals surface area contributed by atoms with Crippen molar-refractivity contribution in [2.75, 3.05) is 19.8 Å². The molecule has 4 N–H and O–H groups in total. The number of nitrogens with zero attached hydrogens (tertiary/aromatic N) is 1. The van der Waals surface area contributed by atoms with Gasteiger partial charge in [-0.2, -0.15) is 11.8 Å². The molecule has 0 amide bonds. The molecule has 152 valence electrons. The maximum atomic E-state index is 13.4. The molecule has 0 atom stereocenters. The number of aliphatic imine (C=N–C) groups is 1. The fraction of sp³-hybridized carbons (Fsp3) is 0.316. The number of primary sulfonamides is 1. The fourth-order valence-corrected chi connectivity index (χ4v) is 3.72. The second kappa shape index (κ2) is 10.4. The van der Waals surface area contributed by atoms with Crippen LogP contribution in [0.2, 0.25) is 0 Å². The van der Waals surface area contributed by atoms with Crippen molar-refractivity contribution in [1.82, 2.24) is 10.6 Å². The van der Waals surface area contributed by atoms with E-state index in [1.165, 1.54) is 18.2 Å². The minimum absolute atomic E-state index is 0.0991. The summed E-state index contributed by atoms with van der Waals surface area (Å²) in [5.41, 5.74) is 2.97. The second-order valence-electron chi connectivity index (χ2n) is 6.14. The maximum Gasteiger partial charge on any atom is 0.238 e. The average molecular weight is 425 g/mol. The average Bonchev–Trinajstić information content (AvgIpc) is 2.65. The topological polar surface area (TPSA) is 96.6 Å². The Morgan fingerprint density at radius 2 is 1.86 bits per heavy atom. The largest absolute Gasteiger partial charge is 0.356 e. The first-order chi connectivity index (χ1) is 13.3. The molecule has 0 spiro atoms. The van der Waals surface area contributed by atoms with Gasteiger partial charge in [0, 0.05) is 25.9 Å². The van der Waals surface area contributed by atoms with Gasteiger partial charge in [-0.25, -0.2) is 17.9 Å². The fourth-order valence-electron chi connectivity index (χ4n) is 2.63. The Morgan fingerprint density at radius 3 is 2.46 bits per heavy atom. The Balaban J connectivity index is 1.87. The summed E-state index contributed by atoms with van der Waals surface area (Å²) in [5, 5.41) is 11.5. The van der Waals surface area contributed by atoms with Crippen LogP contribution in [0.25, 0.3) is 0 Å². The zero-order valence-corrected chi connectivity index (χ0v) is 17.5. The van der Waals surface area contributed by atoms with E-state index in [9.17, 15) is 12.8 Å². The highest BCUT2D eigenvalue weighted by atomic mass is 32.2. The molecule has 0 aliphatic carbocycles. The van der Waals surface area contributed by atoms with Crippen LogP contribution < -0.4 is 15.8 Å². The Morgan fingerprint density at radius 1 is 1.14 bits per heavy atom. The van der Waals surface area contributed by atoms with Crippen LogP contribution in [0.5, 0.6) is 0 Å². The second-order valence-corrected chi connectivity index (χ2v) is 8.56. The van der Waals surface area contributed by atoms with Crippen LogP contribution in [0.1, 0.15) is 16.7 Å². The molecule has 2 rings (SSSR count). The van der Waals surface area contributed by atoms with Crippen molar-refractivity contribution < 1.29 is 12.8 Å². The summed E-state index contributed by atoms with van der Waals surface area (Å²) in [7, 11) is -1.99. The number of halogens is 1. The highest BCUT2D eigenvalue weighted by molar-refractivity contribution is 7.97. The number of hydrogen-bond acceptors (Lipinski definition) is 4. The van der Waals surface area contributed by atoms with Gasteiger partial charge in [-0.1, -0.05) is 18.2 Å². The van der Waals surface area contributed by atoms with E-state index in [0.717, 1.165) is 22.4 Å². The summed E-state index contributed by atoms with van der Waals surface area (Å²) in [5.74, 6) is 1.15. The highest BCUT2D eigenvalue weighted by Gasteiger charge is 2.07. The summed E-state index contributed by atoms with van der Waals surface area (Å²) >= 11 is 1.65. The molecule has 0 bridgehead atoms. The lowest BCUT2D eigenvalue weighted by Crippen LogP contribution is -2.38. The van der Waals surface area contributed by atoms with E-state index in [1.54, 1.807) is 43.1 Å². The zero-order chi connectivity index (χ0) is 20.6. The van der Waals surface area contributed by atoms with Gasteiger partial charge in [-0.3, -0.25) is 4.99 Å². The number of sulfonamides is 1. The number of rotatable bonds is 8. The quantitative estimate of drug-likeness (QED) is 0.446. The molecular formula is C19H25FN4O2S2. The molecule has 0 saturated heterocycles. The third-order valence-corrected chi connectivity index (χ3v) is 5.62. The standard InChI is InChI=1S/C19H25FN4O2S2/c1-22-19(24-12-15-5-6-17(20)11-16(15)13-27-2)23-10-9-14-3-7-18(8-4-14)28(21,25)26/h3-8,11H,9-10,12-13H2,1-2H3,(H2,21,25,26)(H2,22,23,24). The van der Waals surface area contributed by atoms with Gasteiger partial charge in [0.1, 0.15) is 5.82 Å². The lowest BCUT2D eigenvalue weighted by molar-refractivity contribution is 0.597. The van der Waals surface area contributed by atoms with E-state index in [2.05, 4.69) is 15.6 Å². The summed E-state index contributed by atoms with van der Waals surface area (Å²) in [6.45, 7) is 1.16. The summed E-state index contributed by atoms with van der Waals surface area (Å²) in [4.78, 5) is 4.29. The zero-order valence-electron chi connectivity index (χ0n) is 15.9. The first kappa shape index (κ1) is 22.2. The first-order valence-corrected chi connectivity index (χ1v) is 11.6. The van der Waals surface area contributed by atoms with Gasteiger partial charge < -0.3 is 10.6 Å². The molecule has 2 aromatic carbocycles. The number of guanidine groups is 1. The number of nitrogens with one attached hydrogen (secondary N) is 2. The molecule has 0 aliphatic heterocycles. The van der Waals surface area contributed by atoms with Crippen molar-refractivity contribution in [3.05, 3.63) is 65.0 Å². The van der Waals surface area contributed by atoms with E-state index in [0.29, 0.717) is 25.5 Å². The molecule has 0 fully saturated rings. The predicted molar refractivity (Wildman–Crippen MR) is 113 cm³/mol. The van der Waals surface area contributed by atoms with Crippen LogP contribution in [-0.4, -0.2) is 34.2 Å². The molecular weight excluding hydrogens is 399 g/mol. The van der Waals surface area contributed by atoms with Crippen LogP contribution in [-0.2, 0) is 28.7 Å². The molecule has 0 aromatic heterocycles. The molecule has 9 heteroatoms. The molecule has 0 aliphatic rings. The van der Waals surface area contributed by atoms with E-state index in [-0.39, 0.29) is 10.7 Å². The molecule has 0 heterocycles. The predicted octanol–water partition coefficient (Wildman–Crippen LogP) is 2.24. The number of hydrogen-bond donors (Lipinski definition) is 3. The Labute approximate surface area is 169 Å². The molecule has 2 aromatic rings. The lowest BCUT2D eigenvalue weighted by atomic mass is 10.1. The van der Waals surface area contributed by atoms with Crippen LogP contribution in [0.4, 0.5) is 4.39 Å². The third-order valence-electron chi connectivity index (χ3n) is 4.10. The molecule has 0 radical (unpaired) electrons. The summed E-state index contributed by atoms with van der Waals surface area (Å²) < 4.78 is 36.0. The minimum Gasteiger partial charge on any atom is -0.356 e.